The number of Topliss-reactive ketones (excluding diaryl/α,β-unsaturated/α-hetero) is 1. The largest absolute Gasteiger partial charge is 0.494 e. The first-order chi connectivity index (χ1) is 13.1. The van der Waals surface area contributed by atoms with E-state index in [2.05, 4.69) is 5.32 Å². The minimum absolute atomic E-state index is 0.0922. The molecular weight excluding hydrogens is 370 g/mol. The molecule has 0 fully saturated rings. The van der Waals surface area contributed by atoms with Crippen molar-refractivity contribution in [2.75, 3.05) is 12.4 Å². The average molecular weight is 389 g/mol. The Morgan fingerprint density at radius 1 is 1.25 bits per heavy atom. The number of hydrogen-bond donors (Lipinski definition) is 1. The van der Waals surface area contributed by atoms with Crippen molar-refractivity contribution in [3.05, 3.63) is 51.8 Å². The van der Waals surface area contributed by atoms with E-state index in [1.54, 1.807) is 7.05 Å². The molecule has 1 heterocycles. The fourth-order valence-corrected chi connectivity index (χ4v) is 2.37. The highest BCUT2D eigenvalue weighted by atomic mass is 16.6. The van der Waals surface area contributed by atoms with Crippen molar-refractivity contribution >= 4 is 29.0 Å². The summed E-state index contributed by atoms with van der Waals surface area (Å²) >= 11 is 0. The topological polar surface area (TPSA) is 130 Å². The van der Waals surface area contributed by atoms with Crippen LogP contribution in [0.15, 0.2) is 30.5 Å². The van der Waals surface area contributed by atoms with E-state index in [4.69, 9.17) is 9.47 Å². The molecule has 10 heteroatoms. The lowest BCUT2D eigenvalue weighted by molar-refractivity contribution is -0.384. The fourth-order valence-electron chi connectivity index (χ4n) is 2.37. The third-order valence-corrected chi connectivity index (χ3v) is 3.93. The Labute approximate surface area is 160 Å². The van der Waals surface area contributed by atoms with Crippen LogP contribution in [0, 0.1) is 10.1 Å². The first kappa shape index (κ1) is 20.6. The van der Waals surface area contributed by atoms with Crippen LogP contribution < -0.4 is 10.1 Å². The van der Waals surface area contributed by atoms with Crippen molar-refractivity contribution in [2.45, 2.75) is 20.0 Å². The van der Waals surface area contributed by atoms with Gasteiger partial charge in [0, 0.05) is 24.9 Å². The van der Waals surface area contributed by atoms with E-state index < -0.39 is 22.9 Å². The maximum Gasteiger partial charge on any atom is 0.355 e. The van der Waals surface area contributed by atoms with Crippen LogP contribution in [0.5, 0.6) is 5.75 Å². The maximum absolute atomic E-state index is 12.3. The molecule has 148 valence electrons. The number of nitrogens with zero attached hydrogens (tertiary/aromatic N) is 2. The Kier molecular flexibility index (Phi) is 6.14. The molecule has 0 saturated carbocycles. The predicted molar refractivity (Wildman–Crippen MR) is 98.6 cm³/mol. The van der Waals surface area contributed by atoms with Crippen LogP contribution in [-0.4, -0.2) is 40.4 Å². The number of nitro benzene ring substituents is 1. The number of ether oxygens (including phenoxy) is 2. The van der Waals surface area contributed by atoms with Gasteiger partial charge in [-0.1, -0.05) is 0 Å². The van der Waals surface area contributed by atoms with Crippen LogP contribution in [0.1, 0.15) is 34.7 Å². The molecule has 1 N–H and O–H groups in total. The van der Waals surface area contributed by atoms with Crippen molar-refractivity contribution in [2.24, 2.45) is 7.05 Å². The number of amides is 1. The summed E-state index contributed by atoms with van der Waals surface area (Å²) in [4.78, 5) is 46.2. The highest BCUT2D eigenvalue weighted by molar-refractivity contribution is 6.00. The van der Waals surface area contributed by atoms with E-state index in [1.807, 2.05) is 0 Å². The number of aryl methyl sites for hydroxylation is 1. The zero-order valence-corrected chi connectivity index (χ0v) is 15.7. The van der Waals surface area contributed by atoms with Gasteiger partial charge < -0.3 is 19.4 Å². The number of esters is 1. The van der Waals surface area contributed by atoms with Crippen LogP contribution in [0.3, 0.4) is 0 Å². The van der Waals surface area contributed by atoms with Gasteiger partial charge >= 0.3 is 5.97 Å². The van der Waals surface area contributed by atoms with E-state index in [0.717, 1.165) is 0 Å². The van der Waals surface area contributed by atoms with Crippen LogP contribution in [0.4, 0.5) is 11.4 Å². The van der Waals surface area contributed by atoms with Gasteiger partial charge in [0.1, 0.15) is 11.4 Å². The van der Waals surface area contributed by atoms with Gasteiger partial charge in [0.05, 0.1) is 23.8 Å². The number of nitro groups is 1. The number of hydrogen-bond acceptors (Lipinski definition) is 7. The van der Waals surface area contributed by atoms with Crippen LogP contribution in [0.2, 0.25) is 0 Å². The summed E-state index contributed by atoms with van der Waals surface area (Å²) in [7, 11) is 2.88. The summed E-state index contributed by atoms with van der Waals surface area (Å²) < 4.78 is 11.6. The molecule has 10 nitrogen and oxygen atoms in total. The lowest BCUT2D eigenvalue weighted by atomic mass is 10.2. The number of ketones is 1. The van der Waals surface area contributed by atoms with E-state index in [-0.39, 0.29) is 28.6 Å². The molecule has 0 aliphatic carbocycles. The first-order valence-electron chi connectivity index (χ1n) is 8.15. The summed E-state index contributed by atoms with van der Waals surface area (Å²) in [5.74, 6) is -1.53. The first-order valence-corrected chi connectivity index (χ1v) is 8.15. The molecule has 2 aromatic rings. The second-order valence-corrected chi connectivity index (χ2v) is 5.96. The monoisotopic (exact) mass is 389 g/mol. The van der Waals surface area contributed by atoms with Crippen LogP contribution in [-0.2, 0) is 16.6 Å². The molecule has 0 unspecified atom stereocenters. The van der Waals surface area contributed by atoms with Crippen LogP contribution >= 0.6 is 0 Å². The average Bonchev–Trinajstić information content (AvgIpc) is 3.03. The third-order valence-electron chi connectivity index (χ3n) is 3.93. The smallest absolute Gasteiger partial charge is 0.355 e. The van der Waals surface area contributed by atoms with Gasteiger partial charge in [0.25, 0.3) is 11.6 Å². The number of benzene rings is 1. The van der Waals surface area contributed by atoms with Gasteiger partial charge in [-0.2, -0.15) is 0 Å². The van der Waals surface area contributed by atoms with Crippen LogP contribution in [0.25, 0.3) is 0 Å². The summed E-state index contributed by atoms with van der Waals surface area (Å²) in [6.07, 6.45) is 0.328. The Morgan fingerprint density at radius 3 is 2.46 bits per heavy atom. The van der Waals surface area contributed by atoms with Crippen molar-refractivity contribution < 1.29 is 28.8 Å². The second-order valence-electron chi connectivity index (χ2n) is 5.96. The minimum Gasteiger partial charge on any atom is -0.494 e. The van der Waals surface area contributed by atoms with Crippen molar-refractivity contribution in [3.63, 3.8) is 0 Å². The summed E-state index contributed by atoms with van der Waals surface area (Å²) in [6.45, 7) is 2.75. The third kappa shape index (κ3) is 4.53. The molecule has 0 saturated heterocycles. The summed E-state index contributed by atoms with van der Waals surface area (Å²) in [5.41, 5.74) is 0.470. The Balaban J connectivity index is 2.10. The van der Waals surface area contributed by atoms with E-state index in [0.29, 0.717) is 5.56 Å². The van der Waals surface area contributed by atoms with Gasteiger partial charge in [0.15, 0.2) is 11.9 Å². The molecule has 1 aromatic heterocycles. The van der Waals surface area contributed by atoms with Crippen molar-refractivity contribution in [3.8, 4) is 5.75 Å². The molecule has 0 radical (unpaired) electrons. The maximum atomic E-state index is 12.3. The van der Waals surface area contributed by atoms with Crippen molar-refractivity contribution in [1.29, 1.82) is 0 Å². The molecule has 0 spiro atoms. The van der Waals surface area contributed by atoms with E-state index >= 15 is 0 Å². The molecule has 0 aliphatic rings. The number of carbonyl (C=O) groups is 3. The molecule has 1 amide bonds. The van der Waals surface area contributed by atoms with Gasteiger partial charge in [-0.05, 0) is 26.0 Å². The quantitative estimate of drug-likeness (QED) is 0.333. The molecule has 1 atom stereocenters. The van der Waals surface area contributed by atoms with Gasteiger partial charge in [-0.25, -0.2) is 4.79 Å². The number of aromatic nitrogens is 1. The van der Waals surface area contributed by atoms with Gasteiger partial charge in [-0.15, -0.1) is 0 Å². The zero-order chi connectivity index (χ0) is 21.0. The molecule has 28 heavy (non-hydrogen) atoms. The second kappa shape index (κ2) is 8.33. The lowest BCUT2D eigenvalue weighted by Crippen LogP contribution is -2.30. The standard InChI is InChI=1S/C18H19N3O7/c1-10(22)12-7-15(20(3)9-12)18(24)28-11(2)17(23)19-14-6-5-13(21(25)26)8-16(14)27-4/h5-9,11H,1-4H3,(H,19,23)/t11-/m0/s1. The number of carbonyl (C=O) groups excluding carboxylic acids is 3. The highest BCUT2D eigenvalue weighted by Gasteiger charge is 2.23. The number of rotatable bonds is 7. The number of methoxy groups -OCH3 is 1. The Bertz CT molecular complexity index is 949. The molecular formula is C18H19N3O7. The molecule has 2 rings (SSSR count). The fraction of sp³-hybridized carbons (Fsp3) is 0.278. The van der Waals surface area contributed by atoms with Crippen molar-refractivity contribution in [1.82, 2.24) is 4.57 Å². The predicted octanol–water partition coefficient (Wildman–Crippen LogP) is 2.33. The molecule has 1 aromatic carbocycles. The van der Waals surface area contributed by atoms with Gasteiger partial charge in [-0.3, -0.25) is 19.7 Å². The SMILES string of the molecule is COc1cc([N+](=O)[O-])ccc1NC(=O)[C@H](C)OC(=O)c1cc(C(C)=O)cn1C. The number of non-ortho nitro benzene ring substituents is 1. The highest BCUT2D eigenvalue weighted by Crippen LogP contribution is 2.29. The van der Waals surface area contributed by atoms with E-state index in [9.17, 15) is 24.5 Å². The summed E-state index contributed by atoms with van der Waals surface area (Å²) in [6, 6.07) is 5.08. The lowest BCUT2D eigenvalue weighted by Gasteiger charge is -2.15. The normalized spacial score (nSPS) is 11.4. The van der Waals surface area contributed by atoms with Gasteiger partial charge in [0.2, 0.25) is 0 Å². The number of nitrogens with one attached hydrogen (secondary N) is 1. The zero-order valence-electron chi connectivity index (χ0n) is 15.7. The minimum atomic E-state index is -1.16. The van der Waals surface area contributed by atoms with E-state index in [1.165, 1.54) is 56.0 Å². The Morgan fingerprint density at radius 2 is 1.93 bits per heavy atom. The molecule has 0 aliphatic heterocycles. The molecule has 0 bridgehead atoms. The summed E-state index contributed by atoms with van der Waals surface area (Å²) in [5, 5.41) is 13.3. The Hall–Kier alpha value is -3.69. The number of anilines is 1.